The highest BCUT2D eigenvalue weighted by atomic mass is 28.4. The lowest BCUT2D eigenvalue weighted by atomic mass is 10.2. The average molecular weight is 467 g/mol. The average Bonchev–Trinajstić information content (AvgIpc) is 2.59. The summed E-state index contributed by atoms with van der Waals surface area (Å²) in [7, 11) is -4.03. The third-order valence-electron chi connectivity index (χ3n) is 6.18. The monoisotopic (exact) mass is 466 g/mol. The molecule has 0 unspecified atom stereocenters. The van der Waals surface area contributed by atoms with Crippen molar-refractivity contribution in [3.63, 3.8) is 0 Å². The lowest BCUT2D eigenvalue weighted by molar-refractivity contribution is -0.137. The number of allylic oxidation sites excluding steroid dienone is 4. The predicted molar refractivity (Wildman–Crippen MR) is 138 cm³/mol. The molecule has 0 saturated carbocycles. The Morgan fingerprint density at radius 1 is 0.839 bits per heavy atom. The molecule has 0 rings (SSSR count). The van der Waals surface area contributed by atoms with Crippen molar-refractivity contribution < 1.29 is 18.4 Å². The van der Waals surface area contributed by atoms with Gasteiger partial charge >= 0.3 is 5.97 Å². The summed E-state index contributed by atoms with van der Waals surface area (Å²) in [5.74, 6) is -0.343. The van der Waals surface area contributed by atoms with Crippen molar-refractivity contribution in [3.8, 4) is 0 Å². The van der Waals surface area contributed by atoms with Crippen LogP contribution in [-0.2, 0) is 18.4 Å². The Hall–Kier alpha value is -1.22. The Morgan fingerprint density at radius 2 is 1.29 bits per heavy atom. The van der Waals surface area contributed by atoms with Crippen LogP contribution in [0, 0.1) is 0 Å². The summed E-state index contributed by atoms with van der Waals surface area (Å²) in [6.07, 6.45) is 12.1. The summed E-state index contributed by atoms with van der Waals surface area (Å²) in [5.41, 5.74) is 0. The number of carbonyl (C=O) groups is 1. The van der Waals surface area contributed by atoms with Crippen molar-refractivity contribution in [1.82, 2.24) is 0 Å². The Balaban J connectivity index is 5.69. The molecule has 4 nitrogen and oxygen atoms in total. The van der Waals surface area contributed by atoms with Crippen LogP contribution in [0.1, 0.15) is 48.5 Å². The van der Waals surface area contributed by atoms with Gasteiger partial charge in [0.15, 0.2) is 16.6 Å². The van der Waals surface area contributed by atoms with Crippen molar-refractivity contribution in [1.29, 1.82) is 0 Å². The highest BCUT2D eigenvalue weighted by molar-refractivity contribution is 6.74. The molecule has 31 heavy (non-hydrogen) atoms. The molecule has 0 aromatic rings. The van der Waals surface area contributed by atoms with Crippen molar-refractivity contribution in [2.24, 2.45) is 0 Å². The smallest absolute Gasteiger partial charge is 0.330 e. The second-order valence-corrected chi connectivity index (χ2v) is 20.3. The Bertz CT molecular complexity index is 662. The Kier molecular flexibility index (Phi) is 11.7. The maximum absolute atomic E-state index is 11.4. The summed E-state index contributed by atoms with van der Waals surface area (Å²) in [6, 6.07) is 0. The summed E-state index contributed by atoms with van der Waals surface area (Å²) in [5, 5.41) is 0.178. The first-order valence-electron chi connectivity index (χ1n) is 11.1. The lowest BCUT2D eigenvalue weighted by Crippen LogP contribution is -2.50. The van der Waals surface area contributed by atoms with Crippen LogP contribution in [0.2, 0.25) is 36.3 Å². The molecule has 0 saturated heterocycles. The molecule has 0 aromatic heterocycles. The lowest BCUT2D eigenvalue weighted by Gasteiger charge is -2.43. The number of ether oxygens (including phenoxy) is 1. The first-order valence-corrected chi connectivity index (χ1v) is 17.0. The van der Waals surface area contributed by atoms with E-state index in [2.05, 4.69) is 74.3 Å². The summed E-state index contributed by atoms with van der Waals surface area (Å²) < 4.78 is 18.3. The standard InChI is InChI=1S/C25H46O4Si2/c1-13-21(28-30(9,10)24(3,4)5)22(29-31(11,12)25(6,7)8)19-17-15-16-18-20-23(26)27-14-2/h13,15-22H,1,14H2,2-12H3/b16-15+,19-17+,20-18+/t21-,22-/m1/s1. The zero-order valence-corrected chi connectivity index (χ0v) is 23.7. The van der Waals surface area contributed by atoms with Gasteiger partial charge in [0.05, 0.1) is 18.8 Å². The third kappa shape index (κ3) is 10.3. The van der Waals surface area contributed by atoms with E-state index in [1.54, 1.807) is 19.1 Å². The Labute approximate surface area is 193 Å². The minimum absolute atomic E-state index is 0.0833. The van der Waals surface area contributed by atoms with E-state index < -0.39 is 16.6 Å². The highest BCUT2D eigenvalue weighted by Gasteiger charge is 2.43. The molecule has 0 fully saturated rings. The Morgan fingerprint density at radius 3 is 1.71 bits per heavy atom. The molecule has 0 aliphatic rings. The second-order valence-electron chi connectivity index (χ2n) is 10.8. The maximum Gasteiger partial charge on any atom is 0.330 e. The van der Waals surface area contributed by atoms with Crippen LogP contribution in [0.3, 0.4) is 0 Å². The number of esters is 1. The molecule has 0 radical (unpaired) electrons. The van der Waals surface area contributed by atoms with E-state index in [0.29, 0.717) is 6.61 Å². The van der Waals surface area contributed by atoms with Crippen molar-refractivity contribution in [2.45, 2.75) is 96.9 Å². The quantitative estimate of drug-likeness (QED) is 0.106. The van der Waals surface area contributed by atoms with E-state index in [-0.39, 0.29) is 28.3 Å². The summed E-state index contributed by atoms with van der Waals surface area (Å²) in [4.78, 5) is 11.4. The molecule has 6 heteroatoms. The van der Waals surface area contributed by atoms with Crippen LogP contribution in [0.4, 0.5) is 0 Å². The van der Waals surface area contributed by atoms with E-state index >= 15 is 0 Å². The van der Waals surface area contributed by atoms with Crippen molar-refractivity contribution >= 4 is 22.6 Å². The zero-order chi connectivity index (χ0) is 24.5. The first-order chi connectivity index (χ1) is 14.0. The van der Waals surface area contributed by atoms with Crippen LogP contribution in [0.25, 0.3) is 0 Å². The molecule has 0 amide bonds. The second kappa shape index (κ2) is 12.1. The van der Waals surface area contributed by atoms with Gasteiger partial charge in [-0.15, -0.1) is 6.58 Å². The third-order valence-corrected chi connectivity index (χ3v) is 15.1. The molecule has 0 bridgehead atoms. The van der Waals surface area contributed by atoms with E-state index in [1.165, 1.54) is 6.08 Å². The zero-order valence-electron chi connectivity index (χ0n) is 21.7. The molecule has 0 aliphatic heterocycles. The fourth-order valence-electron chi connectivity index (χ4n) is 2.13. The minimum Gasteiger partial charge on any atom is -0.463 e. The van der Waals surface area contributed by atoms with Gasteiger partial charge in [-0.2, -0.15) is 0 Å². The van der Waals surface area contributed by atoms with E-state index in [9.17, 15) is 4.79 Å². The van der Waals surface area contributed by atoms with E-state index in [4.69, 9.17) is 13.6 Å². The molecule has 0 heterocycles. The predicted octanol–water partition coefficient (Wildman–Crippen LogP) is 7.18. The van der Waals surface area contributed by atoms with Gasteiger partial charge in [-0.25, -0.2) is 4.79 Å². The van der Waals surface area contributed by atoms with Crippen molar-refractivity contribution in [2.75, 3.05) is 6.61 Å². The summed E-state index contributed by atoms with van der Waals surface area (Å²) in [6.45, 7) is 28.6. The molecular formula is C25H46O4Si2. The molecule has 0 aliphatic carbocycles. The number of carbonyl (C=O) groups excluding carboxylic acids is 1. The van der Waals surface area contributed by atoms with Gasteiger partial charge in [0.1, 0.15) is 0 Å². The largest absolute Gasteiger partial charge is 0.463 e. The van der Waals surface area contributed by atoms with Gasteiger partial charge in [-0.05, 0) is 43.2 Å². The molecule has 0 spiro atoms. The summed E-state index contributed by atoms with van der Waals surface area (Å²) >= 11 is 0. The van der Waals surface area contributed by atoms with Gasteiger partial charge in [0, 0.05) is 6.08 Å². The molecular weight excluding hydrogens is 420 g/mol. The molecule has 2 atom stereocenters. The molecule has 0 N–H and O–H groups in total. The maximum atomic E-state index is 11.4. The van der Waals surface area contributed by atoms with Crippen LogP contribution >= 0.6 is 0 Å². The number of hydrogen-bond donors (Lipinski definition) is 0. The van der Waals surface area contributed by atoms with Gasteiger partial charge in [-0.3, -0.25) is 0 Å². The topological polar surface area (TPSA) is 44.8 Å². The normalized spacial score (nSPS) is 16.2. The van der Waals surface area contributed by atoms with Crippen LogP contribution < -0.4 is 0 Å². The van der Waals surface area contributed by atoms with E-state index in [0.717, 1.165) is 0 Å². The molecule has 178 valence electrons. The SMILES string of the molecule is C=C[C@@H](O[Si](C)(C)C(C)(C)C)[C@@H](/C=C/C=C/C=C/C(=O)OCC)O[Si](C)(C)C(C)(C)C. The van der Waals surface area contributed by atoms with Gasteiger partial charge in [-0.1, -0.05) is 78.0 Å². The number of rotatable bonds is 11. The fraction of sp³-hybridized carbons (Fsp3) is 0.640. The van der Waals surface area contributed by atoms with Gasteiger partial charge in [0.25, 0.3) is 0 Å². The fourth-order valence-corrected chi connectivity index (χ4v) is 4.64. The van der Waals surface area contributed by atoms with Gasteiger partial charge < -0.3 is 13.6 Å². The number of hydrogen-bond acceptors (Lipinski definition) is 4. The first kappa shape index (κ1) is 29.8. The van der Waals surface area contributed by atoms with Crippen LogP contribution in [0.5, 0.6) is 0 Å². The van der Waals surface area contributed by atoms with Crippen LogP contribution in [-0.4, -0.2) is 41.4 Å². The molecule has 0 aromatic carbocycles. The van der Waals surface area contributed by atoms with Crippen molar-refractivity contribution in [3.05, 3.63) is 49.1 Å². The minimum atomic E-state index is -2.03. The van der Waals surface area contributed by atoms with E-state index in [1.807, 2.05) is 24.3 Å². The van der Waals surface area contributed by atoms with Crippen LogP contribution in [0.15, 0.2) is 49.1 Å². The van der Waals surface area contributed by atoms with Gasteiger partial charge in [0.2, 0.25) is 0 Å². The highest BCUT2D eigenvalue weighted by Crippen LogP contribution is 2.40.